The van der Waals surface area contributed by atoms with Gasteiger partial charge in [0, 0.05) is 27.7 Å². The summed E-state index contributed by atoms with van der Waals surface area (Å²) >= 11 is 6.77. The van der Waals surface area contributed by atoms with Crippen LogP contribution in [0.4, 0.5) is 8.78 Å². The van der Waals surface area contributed by atoms with E-state index in [1.807, 2.05) is 13.0 Å². The van der Waals surface area contributed by atoms with Gasteiger partial charge in [0.15, 0.2) is 11.6 Å². The molecule has 2 rings (SSSR count). The van der Waals surface area contributed by atoms with Crippen molar-refractivity contribution in [2.45, 2.75) is 19.5 Å². The molecule has 2 aromatic rings. The predicted octanol–water partition coefficient (Wildman–Crippen LogP) is 4.74. The minimum atomic E-state index is -0.835. The minimum Gasteiger partial charge on any atom is -0.305 e. The molecule has 1 heterocycles. The van der Waals surface area contributed by atoms with Crippen LogP contribution in [-0.4, -0.2) is 4.98 Å². The summed E-state index contributed by atoms with van der Waals surface area (Å²) in [7, 11) is 0. The summed E-state index contributed by atoms with van der Waals surface area (Å²) in [6.07, 6.45) is 1.71. The first-order chi connectivity index (χ1) is 9.47. The van der Waals surface area contributed by atoms with Crippen LogP contribution in [0.25, 0.3) is 0 Å². The van der Waals surface area contributed by atoms with Gasteiger partial charge < -0.3 is 5.32 Å². The third-order valence-corrected chi connectivity index (χ3v) is 4.02. The van der Waals surface area contributed by atoms with Crippen molar-refractivity contribution in [1.82, 2.24) is 10.3 Å². The van der Waals surface area contributed by atoms with E-state index in [1.165, 1.54) is 6.07 Å². The third kappa shape index (κ3) is 3.84. The van der Waals surface area contributed by atoms with Crippen LogP contribution in [0, 0.1) is 11.6 Å². The molecular weight excluding hydrogens is 394 g/mol. The summed E-state index contributed by atoms with van der Waals surface area (Å²) in [6.45, 7) is 2.41. The van der Waals surface area contributed by atoms with Crippen LogP contribution in [0.1, 0.15) is 24.2 Å². The second-order valence-electron chi connectivity index (χ2n) is 4.36. The minimum absolute atomic E-state index is 0.109. The second-order valence-corrected chi connectivity index (χ2v) is 6.13. The monoisotopic (exact) mass is 404 g/mol. The SMILES string of the molecule is CC(NCc1ncc(Br)cc1Br)c1ccc(F)c(F)c1. The first kappa shape index (κ1) is 15.5. The van der Waals surface area contributed by atoms with Crippen molar-refractivity contribution < 1.29 is 8.78 Å². The van der Waals surface area contributed by atoms with Crippen molar-refractivity contribution in [2.75, 3.05) is 0 Å². The van der Waals surface area contributed by atoms with Gasteiger partial charge in [0.2, 0.25) is 0 Å². The van der Waals surface area contributed by atoms with Gasteiger partial charge in [-0.3, -0.25) is 4.98 Å². The largest absolute Gasteiger partial charge is 0.305 e. The highest BCUT2D eigenvalue weighted by molar-refractivity contribution is 9.11. The average molecular weight is 406 g/mol. The maximum atomic E-state index is 13.2. The number of hydrogen-bond acceptors (Lipinski definition) is 2. The Balaban J connectivity index is 2.04. The fourth-order valence-corrected chi connectivity index (χ4v) is 2.85. The van der Waals surface area contributed by atoms with Gasteiger partial charge in [-0.15, -0.1) is 0 Å². The number of nitrogens with zero attached hydrogens (tertiary/aromatic N) is 1. The number of rotatable bonds is 4. The van der Waals surface area contributed by atoms with Crippen molar-refractivity contribution in [3.05, 3.63) is 62.3 Å². The zero-order valence-corrected chi connectivity index (χ0v) is 13.8. The first-order valence-corrected chi connectivity index (χ1v) is 7.54. The summed E-state index contributed by atoms with van der Waals surface area (Å²) in [4.78, 5) is 4.28. The van der Waals surface area contributed by atoms with Crippen molar-refractivity contribution >= 4 is 31.9 Å². The maximum absolute atomic E-state index is 13.2. The molecule has 0 fully saturated rings. The van der Waals surface area contributed by atoms with Gasteiger partial charge in [-0.25, -0.2) is 8.78 Å². The number of benzene rings is 1. The van der Waals surface area contributed by atoms with E-state index in [0.717, 1.165) is 20.7 Å². The average Bonchev–Trinajstić information content (AvgIpc) is 2.40. The Bertz CT molecular complexity index is 620. The van der Waals surface area contributed by atoms with Crippen molar-refractivity contribution in [2.24, 2.45) is 0 Å². The predicted molar refractivity (Wildman–Crippen MR) is 81.2 cm³/mol. The Kier molecular flexibility index (Phi) is 5.23. The van der Waals surface area contributed by atoms with Crippen LogP contribution >= 0.6 is 31.9 Å². The Labute approximate surface area is 132 Å². The molecule has 1 aromatic carbocycles. The number of nitrogens with one attached hydrogen (secondary N) is 1. The summed E-state index contributed by atoms with van der Waals surface area (Å²) in [5.74, 6) is -1.67. The molecule has 1 N–H and O–H groups in total. The van der Waals surface area contributed by atoms with E-state index in [4.69, 9.17) is 0 Å². The molecule has 1 unspecified atom stereocenters. The van der Waals surface area contributed by atoms with Crippen LogP contribution in [-0.2, 0) is 6.54 Å². The van der Waals surface area contributed by atoms with Crippen LogP contribution in [0.3, 0.4) is 0 Å². The molecule has 0 saturated heterocycles. The fraction of sp³-hybridized carbons (Fsp3) is 0.214. The van der Waals surface area contributed by atoms with Gasteiger partial charge in [-0.2, -0.15) is 0 Å². The molecule has 0 amide bonds. The van der Waals surface area contributed by atoms with E-state index in [2.05, 4.69) is 42.2 Å². The fourth-order valence-electron chi connectivity index (χ4n) is 1.72. The third-order valence-electron chi connectivity index (χ3n) is 2.90. The number of aromatic nitrogens is 1. The quantitative estimate of drug-likeness (QED) is 0.794. The lowest BCUT2D eigenvalue weighted by molar-refractivity contribution is 0.500. The normalized spacial score (nSPS) is 12.4. The van der Waals surface area contributed by atoms with Gasteiger partial charge in [0.1, 0.15) is 0 Å². The van der Waals surface area contributed by atoms with E-state index < -0.39 is 11.6 Å². The number of halogens is 4. The summed E-state index contributed by atoms with van der Waals surface area (Å²) < 4.78 is 27.8. The molecule has 0 radical (unpaired) electrons. The highest BCUT2D eigenvalue weighted by atomic mass is 79.9. The van der Waals surface area contributed by atoms with Gasteiger partial charge in [-0.05, 0) is 62.5 Å². The molecule has 0 spiro atoms. The van der Waals surface area contributed by atoms with E-state index >= 15 is 0 Å². The van der Waals surface area contributed by atoms with Crippen molar-refractivity contribution in [3.63, 3.8) is 0 Å². The maximum Gasteiger partial charge on any atom is 0.159 e. The molecule has 0 aliphatic carbocycles. The lowest BCUT2D eigenvalue weighted by Gasteiger charge is -2.15. The van der Waals surface area contributed by atoms with Crippen LogP contribution < -0.4 is 5.32 Å². The molecule has 0 bridgehead atoms. The standard InChI is InChI=1S/C14H12Br2F2N2/c1-8(9-2-3-12(17)13(18)4-9)19-7-14-11(16)5-10(15)6-20-14/h2-6,8,19H,7H2,1H3. The summed E-state index contributed by atoms with van der Waals surface area (Å²) in [6, 6.07) is 5.71. The Hall–Kier alpha value is -0.850. The lowest BCUT2D eigenvalue weighted by atomic mass is 10.1. The molecule has 0 aliphatic heterocycles. The van der Waals surface area contributed by atoms with Gasteiger partial charge >= 0.3 is 0 Å². The molecule has 1 aromatic heterocycles. The van der Waals surface area contributed by atoms with Crippen LogP contribution in [0.2, 0.25) is 0 Å². The summed E-state index contributed by atoms with van der Waals surface area (Å²) in [5.41, 5.74) is 1.54. The van der Waals surface area contributed by atoms with Crippen LogP contribution in [0.15, 0.2) is 39.4 Å². The molecule has 6 heteroatoms. The number of hydrogen-bond donors (Lipinski definition) is 1. The number of pyridine rings is 1. The molecular formula is C14H12Br2F2N2. The molecule has 106 valence electrons. The second kappa shape index (κ2) is 6.74. The Morgan fingerprint density at radius 2 is 1.95 bits per heavy atom. The highest BCUT2D eigenvalue weighted by Gasteiger charge is 2.10. The Morgan fingerprint density at radius 3 is 2.60 bits per heavy atom. The van der Waals surface area contributed by atoms with Crippen molar-refractivity contribution in [3.8, 4) is 0 Å². The molecule has 20 heavy (non-hydrogen) atoms. The van der Waals surface area contributed by atoms with E-state index in [1.54, 1.807) is 12.3 Å². The zero-order valence-electron chi connectivity index (χ0n) is 10.6. The molecule has 1 atom stereocenters. The van der Waals surface area contributed by atoms with Gasteiger partial charge in [0.25, 0.3) is 0 Å². The smallest absolute Gasteiger partial charge is 0.159 e. The van der Waals surface area contributed by atoms with E-state index in [9.17, 15) is 8.78 Å². The summed E-state index contributed by atoms with van der Waals surface area (Å²) in [5, 5.41) is 3.23. The van der Waals surface area contributed by atoms with E-state index in [0.29, 0.717) is 12.1 Å². The molecule has 0 saturated carbocycles. The lowest BCUT2D eigenvalue weighted by Crippen LogP contribution is -2.19. The van der Waals surface area contributed by atoms with Crippen LogP contribution in [0.5, 0.6) is 0 Å². The molecule has 0 aliphatic rings. The zero-order chi connectivity index (χ0) is 14.7. The Morgan fingerprint density at radius 1 is 1.20 bits per heavy atom. The van der Waals surface area contributed by atoms with Gasteiger partial charge in [0.05, 0.1) is 5.69 Å². The van der Waals surface area contributed by atoms with Crippen molar-refractivity contribution in [1.29, 1.82) is 0 Å². The topological polar surface area (TPSA) is 24.9 Å². The first-order valence-electron chi connectivity index (χ1n) is 5.95. The van der Waals surface area contributed by atoms with E-state index in [-0.39, 0.29) is 6.04 Å². The molecule has 2 nitrogen and oxygen atoms in total. The van der Waals surface area contributed by atoms with Gasteiger partial charge in [-0.1, -0.05) is 6.07 Å². The highest BCUT2D eigenvalue weighted by Crippen LogP contribution is 2.21.